The van der Waals surface area contributed by atoms with E-state index in [2.05, 4.69) is 10.3 Å². The van der Waals surface area contributed by atoms with E-state index in [1.54, 1.807) is 70.7 Å². The minimum Gasteiger partial charge on any atom is -0.402 e. The quantitative estimate of drug-likeness (QED) is 0.184. The molecule has 13 nitrogen and oxygen atoms in total. The van der Waals surface area contributed by atoms with Gasteiger partial charge in [-0.05, 0) is 53.7 Å². The number of H-pyrrole nitrogens is 1. The molecule has 0 bridgehead atoms. The van der Waals surface area contributed by atoms with Crippen molar-refractivity contribution in [1.82, 2.24) is 14.4 Å². The van der Waals surface area contributed by atoms with Crippen LogP contribution in [0.2, 0.25) is 0 Å². The van der Waals surface area contributed by atoms with E-state index in [0.717, 1.165) is 6.20 Å². The third-order valence-electron chi connectivity index (χ3n) is 6.66. The summed E-state index contributed by atoms with van der Waals surface area (Å²) in [6.45, 7) is 10.3. The predicted octanol–water partition coefficient (Wildman–Crippen LogP) is 4.32. The van der Waals surface area contributed by atoms with Crippen LogP contribution in [0.3, 0.4) is 0 Å². The number of nitrogens with zero attached hydrogens (tertiary/aromatic N) is 3. The second-order valence-corrected chi connectivity index (χ2v) is 14.2. The van der Waals surface area contributed by atoms with Crippen LogP contribution in [0.4, 0.5) is 10.2 Å². The van der Waals surface area contributed by atoms with Gasteiger partial charge in [-0.1, -0.05) is 18.2 Å². The number of carbonyl (C=O) groups excluding carboxylic acids is 3. The average Bonchev–Trinajstić information content (AvgIpc) is 3.38. The number of carbonyl (C=O) groups is 3. The van der Waals surface area contributed by atoms with Crippen molar-refractivity contribution in [3.63, 3.8) is 0 Å². The number of piperazine rings is 1. The number of nitrogens with one attached hydrogen (secondary N) is 2. The number of pyridine rings is 1. The molecule has 2 amide bonds. The Labute approximate surface area is 267 Å². The smallest absolute Gasteiger partial charge is 0.402 e. The van der Waals surface area contributed by atoms with E-state index >= 15 is 4.39 Å². The number of benzene rings is 1. The highest BCUT2D eigenvalue weighted by Gasteiger charge is 2.38. The zero-order chi connectivity index (χ0) is 33.9. The SMILES string of the molecule is CC(C)(C)OP(=O)(OCn1cc(C(=O)C(=O)N2CCN(C(=O)c3ccccc3)CC2)c2c(F)c[nH+]c(NC=CN)c21)OC(C)(C)C. The van der Waals surface area contributed by atoms with Crippen LogP contribution >= 0.6 is 7.82 Å². The Morgan fingerprint density at radius 3 is 2.15 bits per heavy atom. The van der Waals surface area contributed by atoms with Gasteiger partial charge in [-0.2, -0.15) is 0 Å². The Hall–Kier alpha value is -4.10. The van der Waals surface area contributed by atoms with Crippen molar-refractivity contribution < 1.29 is 41.9 Å². The van der Waals surface area contributed by atoms with Crippen LogP contribution in [0.5, 0.6) is 0 Å². The summed E-state index contributed by atoms with van der Waals surface area (Å²) in [6.07, 6.45) is 4.88. The normalized spacial score (nSPS) is 14.7. The summed E-state index contributed by atoms with van der Waals surface area (Å²) in [5.74, 6) is -2.59. The first-order valence-electron chi connectivity index (χ1n) is 14.7. The van der Waals surface area contributed by atoms with E-state index in [1.807, 2.05) is 6.07 Å². The third kappa shape index (κ3) is 8.38. The molecule has 1 aliphatic rings. The number of hydrogen-bond acceptors (Lipinski definition) is 9. The molecule has 46 heavy (non-hydrogen) atoms. The molecule has 1 saturated heterocycles. The molecule has 0 aliphatic carbocycles. The summed E-state index contributed by atoms with van der Waals surface area (Å²) in [6, 6.07) is 8.78. The van der Waals surface area contributed by atoms with Crippen LogP contribution in [-0.2, 0) is 29.7 Å². The number of amides is 2. The second-order valence-electron chi connectivity index (χ2n) is 12.6. The second kappa shape index (κ2) is 13.7. The Balaban J connectivity index is 1.64. The zero-order valence-electron chi connectivity index (χ0n) is 26.8. The minimum absolute atomic E-state index is 0.102. The van der Waals surface area contributed by atoms with E-state index < -0.39 is 43.3 Å². The van der Waals surface area contributed by atoms with Crippen LogP contribution in [0.1, 0.15) is 62.3 Å². The number of anilines is 1. The van der Waals surface area contributed by atoms with Crippen molar-refractivity contribution in [2.75, 3.05) is 31.5 Å². The van der Waals surface area contributed by atoms with Gasteiger partial charge >= 0.3 is 13.6 Å². The number of rotatable bonds is 10. The largest absolute Gasteiger partial charge is 0.477 e. The van der Waals surface area contributed by atoms with Crippen LogP contribution in [-0.4, -0.2) is 69.3 Å². The van der Waals surface area contributed by atoms with Gasteiger partial charge in [0.25, 0.3) is 17.6 Å². The summed E-state index contributed by atoms with van der Waals surface area (Å²) in [5.41, 5.74) is 4.06. The summed E-state index contributed by atoms with van der Waals surface area (Å²) in [5, 5.41) is 2.70. The molecular formula is C31H41FN6O7P+. The fourth-order valence-electron chi connectivity index (χ4n) is 4.87. The molecule has 248 valence electrons. The molecule has 4 rings (SSSR count). The number of phosphoric acid groups is 1. The average molecular weight is 660 g/mol. The Morgan fingerprint density at radius 1 is 1.00 bits per heavy atom. The minimum atomic E-state index is -4.22. The number of aromatic nitrogens is 2. The lowest BCUT2D eigenvalue weighted by Gasteiger charge is -2.34. The Kier molecular flexibility index (Phi) is 10.4. The van der Waals surface area contributed by atoms with Gasteiger partial charge in [0, 0.05) is 44.1 Å². The summed E-state index contributed by atoms with van der Waals surface area (Å²) in [7, 11) is -4.22. The monoisotopic (exact) mass is 659 g/mol. The predicted molar refractivity (Wildman–Crippen MR) is 169 cm³/mol. The molecule has 1 aromatic carbocycles. The number of halogens is 1. The molecule has 4 N–H and O–H groups in total. The number of ketones is 1. The number of nitrogens with two attached hydrogens (primary N) is 1. The van der Waals surface area contributed by atoms with Gasteiger partial charge in [0.15, 0.2) is 5.82 Å². The maximum atomic E-state index is 15.5. The highest BCUT2D eigenvalue weighted by molar-refractivity contribution is 7.48. The number of fused-ring (bicyclic) bond motifs is 1. The standard InChI is InChI=1S/C31H40FN6O7P/c1-30(2,3)44-46(42,45-31(4,5)6)43-20-38-19-22(24-23(32)18-35-27(25(24)38)34-13-12-33)26(39)29(41)37-16-14-36(15-17-37)28(40)21-10-8-7-9-11-21/h7-13,18-19H,14-17,20,33H2,1-6H3,(H,34,35)/p+1. The number of phosphoric ester groups is 1. The van der Waals surface area contributed by atoms with Gasteiger partial charge in [0.1, 0.15) is 24.6 Å². The van der Waals surface area contributed by atoms with Crippen molar-refractivity contribution in [1.29, 1.82) is 0 Å². The molecule has 0 radical (unpaired) electrons. The van der Waals surface area contributed by atoms with Gasteiger partial charge in [-0.3, -0.25) is 28.0 Å². The molecule has 2 aromatic heterocycles. The van der Waals surface area contributed by atoms with Crippen LogP contribution in [0, 0.1) is 5.82 Å². The number of aromatic amines is 1. The van der Waals surface area contributed by atoms with E-state index in [1.165, 1.54) is 28.1 Å². The fraction of sp³-hybridized carbons (Fsp3) is 0.419. The molecule has 0 saturated carbocycles. The first-order chi connectivity index (χ1) is 21.5. The van der Waals surface area contributed by atoms with Crippen LogP contribution in [0.25, 0.3) is 10.9 Å². The van der Waals surface area contributed by atoms with Crippen LogP contribution in [0.15, 0.2) is 55.1 Å². The van der Waals surface area contributed by atoms with Gasteiger partial charge in [0.2, 0.25) is 0 Å². The van der Waals surface area contributed by atoms with E-state index in [0.29, 0.717) is 5.56 Å². The number of hydrogen-bond donors (Lipinski definition) is 2. The molecule has 0 atom stereocenters. The molecule has 0 spiro atoms. The lowest BCUT2D eigenvalue weighted by Crippen LogP contribution is -2.52. The Morgan fingerprint density at radius 2 is 1.59 bits per heavy atom. The van der Waals surface area contributed by atoms with Crippen molar-refractivity contribution in [2.24, 2.45) is 5.73 Å². The first-order valence-corrected chi connectivity index (χ1v) is 16.2. The highest BCUT2D eigenvalue weighted by Crippen LogP contribution is 2.55. The summed E-state index contributed by atoms with van der Waals surface area (Å²) < 4.78 is 47.7. The molecule has 1 aliphatic heterocycles. The summed E-state index contributed by atoms with van der Waals surface area (Å²) in [4.78, 5) is 45.7. The molecule has 3 heterocycles. The molecular weight excluding hydrogens is 618 g/mol. The zero-order valence-corrected chi connectivity index (χ0v) is 27.7. The van der Waals surface area contributed by atoms with Crippen molar-refractivity contribution in [2.45, 2.75) is 59.5 Å². The number of Topliss-reactive ketones (excluding diaryl/α,β-unsaturated/α-hetero) is 1. The van der Waals surface area contributed by atoms with E-state index in [9.17, 15) is 18.9 Å². The molecule has 1 fully saturated rings. The van der Waals surface area contributed by atoms with Crippen molar-refractivity contribution in [3.05, 3.63) is 72.1 Å². The summed E-state index contributed by atoms with van der Waals surface area (Å²) >= 11 is 0. The maximum Gasteiger partial charge on any atom is 0.477 e. The topological polar surface area (TPSA) is 160 Å². The van der Waals surface area contributed by atoms with E-state index in [4.69, 9.17) is 19.3 Å². The lowest BCUT2D eigenvalue weighted by atomic mass is 10.1. The van der Waals surface area contributed by atoms with Crippen molar-refractivity contribution >= 4 is 42.1 Å². The van der Waals surface area contributed by atoms with Gasteiger partial charge in [-0.25, -0.2) is 19.3 Å². The first kappa shape index (κ1) is 34.8. The highest BCUT2D eigenvalue weighted by atomic mass is 31.2. The molecule has 0 unspecified atom stereocenters. The van der Waals surface area contributed by atoms with Gasteiger partial charge in [-0.15, -0.1) is 0 Å². The molecule has 3 aromatic rings. The lowest BCUT2D eigenvalue weighted by molar-refractivity contribution is -0.361. The Bertz CT molecular complexity index is 1650. The van der Waals surface area contributed by atoms with Gasteiger partial charge < -0.3 is 20.1 Å². The van der Waals surface area contributed by atoms with Crippen molar-refractivity contribution in [3.8, 4) is 0 Å². The van der Waals surface area contributed by atoms with Crippen LogP contribution < -0.4 is 16.0 Å². The van der Waals surface area contributed by atoms with E-state index in [-0.39, 0.29) is 54.4 Å². The fourth-order valence-corrected chi connectivity index (χ4v) is 6.62. The third-order valence-corrected chi connectivity index (χ3v) is 8.64. The maximum absolute atomic E-state index is 15.5. The molecule has 15 heteroatoms. The van der Waals surface area contributed by atoms with Gasteiger partial charge in [0.05, 0.1) is 22.2 Å².